The molecule has 2 heterocycles. The molecule has 4 heteroatoms. The minimum atomic E-state index is 0.690. The van der Waals surface area contributed by atoms with Gasteiger partial charge in [0.2, 0.25) is 0 Å². The van der Waals surface area contributed by atoms with Crippen molar-refractivity contribution in [1.29, 1.82) is 0 Å². The van der Waals surface area contributed by atoms with E-state index in [9.17, 15) is 0 Å². The predicted molar refractivity (Wildman–Crippen MR) is 90.1 cm³/mol. The summed E-state index contributed by atoms with van der Waals surface area (Å²) < 4.78 is 5.92. The van der Waals surface area contributed by atoms with E-state index in [0.29, 0.717) is 5.92 Å². The molecule has 0 radical (unpaired) electrons. The van der Waals surface area contributed by atoms with Gasteiger partial charge in [0.25, 0.3) is 0 Å². The van der Waals surface area contributed by atoms with Crippen molar-refractivity contribution in [3.05, 3.63) is 23.7 Å². The maximum Gasteiger partial charge on any atom is 0.117 e. The monoisotopic (exact) mass is 305 g/mol. The fourth-order valence-electron chi connectivity index (χ4n) is 3.38. The molecule has 1 aromatic rings. The summed E-state index contributed by atoms with van der Waals surface area (Å²) in [6, 6.07) is 4.30. The Hall–Kier alpha value is -0.840. The van der Waals surface area contributed by atoms with Crippen molar-refractivity contribution in [2.45, 2.75) is 39.2 Å². The van der Waals surface area contributed by atoms with Gasteiger partial charge in [-0.15, -0.1) is 0 Å². The molecular formula is C18H31N3O. The number of nitrogens with zero attached hydrogens (tertiary/aromatic N) is 2. The van der Waals surface area contributed by atoms with Crippen molar-refractivity contribution in [2.75, 3.05) is 45.8 Å². The van der Waals surface area contributed by atoms with Gasteiger partial charge in [0.1, 0.15) is 11.5 Å². The number of hydrogen-bond donors (Lipinski definition) is 1. The number of piperazine rings is 1. The molecule has 0 spiro atoms. The summed E-state index contributed by atoms with van der Waals surface area (Å²) in [4.78, 5) is 5.12. The molecule has 0 amide bonds. The lowest BCUT2D eigenvalue weighted by Crippen LogP contribution is -2.46. The van der Waals surface area contributed by atoms with E-state index in [1.165, 1.54) is 57.9 Å². The minimum absolute atomic E-state index is 0.690. The maximum atomic E-state index is 5.92. The van der Waals surface area contributed by atoms with Gasteiger partial charge in [-0.25, -0.2) is 0 Å². The largest absolute Gasteiger partial charge is 0.464 e. The summed E-state index contributed by atoms with van der Waals surface area (Å²) in [6.07, 6.45) is 2.52. The van der Waals surface area contributed by atoms with Crippen molar-refractivity contribution < 1.29 is 4.42 Å². The van der Waals surface area contributed by atoms with Gasteiger partial charge in [0.05, 0.1) is 6.54 Å². The van der Waals surface area contributed by atoms with E-state index in [1.807, 2.05) is 0 Å². The molecule has 124 valence electrons. The van der Waals surface area contributed by atoms with Crippen LogP contribution in [-0.4, -0.2) is 55.6 Å². The molecule has 2 fully saturated rings. The molecule has 1 saturated heterocycles. The zero-order valence-electron chi connectivity index (χ0n) is 14.2. The minimum Gasteiger partial charge on any atom is -0.464 e. The van der Waals surface area contributed by atoms with Crippen molar-refractivity contribution in [3.63, 3.8) is 0 Å². The van der Waals surface area contributed by atoms with Crippen LogP contribution in [0, 0.1) is 5.92 Å². The van der Waals surface area contributed by atoms with Gasteiger partial charge in [-0.3, -0.25) is 0 Å². The van der Waals surface area contributed by atoms with Gasteiger partial charge < -0.3 is 19.5 Å². The SMILES string of the molecule is CCN1CCN(CCCNCc2ccc(C3CC3C)o2)CC1. The maximum absolute atomic E-state index is 5.92. The highest BCUT2D eigenvalue weighted by atomic mass is 16.3. The van der Waals surface area contributed by atoms with Crippen LogP contribution >= 0.6 is 0 Å². The number of nitrogens with one attached hydrogen (secondary N) is 1. The normalized spacial score (nSPS) is 26.5. The molecule has 22 heavy (non-hydrogen) atoms. The summed E-state index contributed by atoms with van der Waals surface area (Å²) >= 11 is 0. The van der Waals surface area contributed by atoms with Gasteiger partial charge in [0, 0.05) is 32.1 Å². The van der Waals surface area contributed by atoms with Crippen molar-refractivity contribution in [3.8, 4) is 0 Å². The van der Waals surface area contributed by atoms with Gasteiger partial charge in [-0.05, 0) is 50.5 Å². The predicted octanol–water partition coefficient (Wildman–Crippen LogP) is 2.52. The Balaban J connectivity index is 1.26. The molecule has 3 rings (SSSR count). The fraction of sp³-hybridized carbons (Fsp3) is 0.778. The zero-order valence-corrected chi connectivity index (χ0v) is 14.2. The lowest BCUT2D eigenvalue weighted by atomic mass is 10.3. The van der Waals surface area contributed by atoms with Crippen LogP contribution in [0.4, 0.5) is 0 Å². The average molecular weight is 305 g/mol. The van der Waals surface area contributed by atoms with Crippen LogP contribution in [-0.2, 0) is 6.54 Å². The Morgan fingerprint density at radius 1 is 1.18 bits per heavy atom. The third-order valence-electron chi connectivity index (χ3n) is 5.20. The highest BCUT2D eigenvalue weighted by Crippen LogP contribution is 2.47. The summed E-state index contributed by atoms with van der Waals surface area (Å²) in [5.74, 6) is 3.79. The lowest BCUT2D eigenvalue weighted by molar-refractivity contribution is 0.136. The van der Waals surface area contributed by atoms with Crippen LogP contribution in [0.3, 0.4) is 0 Å². The second kappa shape index (κ2) is 7.62. The molecule has 1 aliphatic heterocycles. The van der Waals surface area contributed by atoms with E-state index in [1.54, 1.807) is 0 Å². The Bertz CT molecular complexity index is 451. The van der Waals surface area contributed by atoms with Gasteiger partial charge in [-0.1, -0.05) is 13.8 Å². The average Bonchev–Trinajstić information content (AvgIpc) is 3.09. The number of rotatable bonds is 8. The standard InChI is InChI=1S/C18H31N3O/c1-3-20-9-11-21(12-10-20)8-4-7-19-14-16-5-6-18(22-16)17-13-15(17)2/h5-6,15,17,19H,3-4,7-14H2,1-2H3. The molecule has 2 unspecified atom stereocenters. The highest BCUT2D eigenvalue weighted by Gasteiger charge is 2.36. The van der Waals surface area contributed by atoms with E-state index >= 15 is 0 Å². The topological polar surface area (TPSA) is 31.6 Å². The Labute approximate surface area is 134 Å². The third-order valence-corrected chi connectivity index (χ3v) is 5.20. The summed E-state index contributed by atoms with van der Waals surface area (Å²) in [7, 11) is 0. The molecule has 2 aliphatic rings. The van der Waals surface area contributed by atoms with Crippen LogP contribution in [0.25, 0.3) is 0 Å². The van der Waals surface area contributed by atoms with E-state index in [-0.39, 0.29) is 0 Å². The molecule has 0 bridgehead atoms. The molecule has 1 N–H and O–H groups in total. The second-order valence-electron chi connectivity index (χ2n) is 6.93. The van der Waals surface area contributed by atoms with E-state index in [4.69, 9.17) is 4.42 Å². The first kappa shape index (κ1) is 16.0. The first-order valence-electron chi connectivity index (χ1n) is 9.00. The zero-order chi connectivity index (χ0) is 15.4. The van der Waals surface area contributed by atoms with Crippen molar-refractivity contribution in [2.24, 2.45) is 5.92 Å². The van der Waals surface area contributed by atoms with Crippen LogP contribution in [0.5, 0.6) is 0 Å². The summed E-state index contributed by atoms with van der Waals surface area (Å²) in [6.45, 7) is 13.8. The van der Waals surface area contributed by atoms with Crippen molar-refractivity contribution >= 4 is 0 Å². The van der Waals surface area contributed by atoms with Crippen LogP contribution in [0.1, 0.15) is 44.1 Å². The molecule has 0 aromatic carbocycles. The molecular weight excluding hydrogens is 274 g/mol. The second-order valence-corrected chi connectivity index (χ2v) is 6.93. The fourth-order valence-corrected chi connectivity index (χ4v) is 3.38. The Kier molecular flexibility index (Phi) is 5.55. The third kappa shape index (κ3) is 4.34. The highest BCUT2D eigenvalue weighted by molar-refractivity contribution is 5.17. The first-order valence-corrected chi connectivity index (χ1v) is 9.00. The number of furan rings is 1. The van der Waals surface area contributed by atoms with E-state index in [0.717, 1.165) is 24.8 Å². The molecule has 1 aromatic heterocycles. The first-order chi connectivity index (χ1) is 10.8. The van der Waals surface area contributed by atoms with Crippen LogP contribution < -0.4 is 5.32 Å². The lowest BCUT2D eigenvalue weighted by Gasteiger charge is -2.33. The molecule has 1 aliphatic carbocycles. The Morgan fingerprint density at radius 3 is 2.59 bits per heavy atom. The van der Waals surface area contributed by atoms with Gasteiger partial charge >= 0.3 is 0 Å². The van der Waals surface area contributed by atoms with Gasteiger partial charge in [-0.2, -0.15) is 0 Å². The smallest absolute Gasteiger partial charge is 0.117 e. The van der Waals surface area contributed by atoms with Crippen molar-refractivity contribution in [1.82, 2.24) is 15.1 Å². The van der Waals surface area contributed by atoms with Gasteiger partial charge in [0.15, 0.2) is 0 Å². The van der Waals surface area contributed by atoms with Crippen LogP contribution in [0.2, 0.25) is 0 Å². The quantitative estimate of drug-likeness (QED) is 0.748. The number of likely N-dealkylation sites (N-methyl/N-ethyl adjacent to an activating group) is 1. The molecule has 1 saturated carbocycles. The summed E-state index contributed by atoms with van der Waals surface area (Å²) in [5.41, 5.74) is 0. The molecule has 4 nitrogen and oxygen atoms in total. The summed E-state index contributed by atoms with van der Waals surface area (Å²) in [5, 5.41) is 3.51. The number of hydrogen-bond acceptors (Lipinski definition) is 4. The van der Waals surface area contributed by atoms with E-state index < -0.39 is 0 Å². The Morgan fingerprint density at radius 2 is 1.91 bits per heavy atom. The molecule has 2 atom stereocenters. The van der Waals surface area contributed by atoms with E-state index in [2.05, 4.69) is 41.1 Å². The van der Waals surface area contributed by atoms with Crippen LogP contribution in [0.15, 0.2) is 16.5 Å².